The van der Waals surface area contributed by atoms with Crippen molar-refractivity contribution in [2.24, 2.45) is 0 Å². The molecule has 0 atom stereocenters. The third-order valence-corrected chi connectivity index (χ3v) is 1.00. The average Bonchev–Trinajstić information content (AvgIpc) is 1.85. The molecule has 0 aromatic heterocycles. The van der Waals surface area contributed by atoms with Gasteiger partial charge >= 0.3 is 18.3 Å². The molecule has 12 heavy (non-hydrogen) atoms. The van der Waals surface area contributed by atoms with E-state index in [4.69, 9.17) is 0 Å². The van der Waals surface area contributed by atoms with E-state index in [1.54, 1.807) is 0 Å². The highest BCUT2D eigenvalue weighted by Gasteiger charge is 2.43. The van der Waals surface area contributed by atoms with Crippen molar-refractivity contribution in [3.05, 3.63) is 0 Å². The van der Waals surface area contributed by atoms with Crippen molar-refractivity contribution < 1.29 is 27.1 Å². The van der Waals surface area contributed by atoms with Crippen molar-refractivity contribution in [2.75, 3.05) is 6.61 Å². The zero-order valence-electron chi connectivity index (χ0n) is 6.32. The van der Waals surface area contributed by atoms with Crippen LogP contribution in [0.25, 0.3) is 0 Å². The SMILES string of the molecule is CCOC(=O)CC(F)(F)C(F)F. The Balaban J connectivity index is 3.97. The molecule has 2 nitrogen and oxygen atoms in total. The summed E-state index contributed by atoms with van der Waals surface area (Å²) in [6, 6.07) is 0. The smallest absolute Gasteiger partial charge is 0.317 e. The summed E-state index contributed by atoms with van der Waals surface area (Å²) in [7, 11) is 0. The molecule has 0 aliphatic carbocycles. The van der Waals surface area contributed by atoms with E-state index in [2.05, 4.69) is 4.74 Å². The van der Waals surface area contributed by atoms with Gasteiger partial charge in [-0.05, 0) is 6.92 Å². The fourth-order valence-electron chi connectivity index (χ4n) is 0.482. The number of hydrogen-bond acceptors (Lipinski definition) is 2. The zero-order valence-corrected chi connectivity index (χ0v) is 6.32. The summed E-state index contributed by atoms with van der Waals surface area (Å²) in [4.78, 5) is 10.3. The van der Waals surface area contributed by atoms with Crippen LogP contribution < -0.4 is 0 Å². The Morgan fingerprint density at radius 2 is 2.00 bits per heavy atom. The van der Waals surface area contributed by atoms with Crippen molar-refractivity contribution in [3.63, 3.8) is 0 Å². The van der Waals surface area contributed by atoms with E-state index in [0.29, 0.717) is 0 Å². The fraction of sp³-hybridized carbons (Fsp3) is 0.833. The lowest BCUT2D eigenvalue weighted by Gasteiger charge is -2.13. The molecule has 0 fully saturated rings. The highest BCUT2D eigenvalue weighted by molar-refractivity contribution is 5.70. The number of alkyl halides is 4. The highest BCUT2D eigenvalue weighted by Crippen LogP contribution is 2.26. The summed E-state index contributed by atoms with van der Waals surface area (Å²) in [6.45, 7) is 1.30. The second-order valence-corrected chi connectivity index (χ2v) is 2.04. The number of esters is 1. The van der Waals surface area contributed by atoms with Crippen molar-refractivity contribution in [1.82, 2.24) is 0 Å². The molecular weight excluding hydrogens is 180 g/mol. The number of carbonyl (C=O) groups is 1. The second kappa shape index (κ2) is 4.27. The highest BCUT2D eigenvalue weighted by atomic mass is 19.3. The second-order valence-electron chi connectivity index (χ2n) is 2.04. The van der Waals surface area contributed by atoms with E-state index in [9.17, 15) is 22.4 Å². The molecule has 0 aromatic carbocycles. The third kappa shape index (κ3) is 3.54. The molecule has 0 saturated heterocycles. The Bertz CT molecular complexity index is 158. The summed E-state index contributed by atoms with van der Waals surface area (Å²) < 4.78 is 51.1. The molecule has 0 amide bonds. The molecule has 6 heteroatoms. The first-order valence-corrected chi connectivity index (χ1v) is 3.21. The molecule has 0 heterocycles. The molecule has 0 aliphatic heterocycles. The minimum atomic E-state index is -4.29. The van der Waals surface area contributed by atoms with Crippen molar-refractivity contribution in [3.8, 4) is 0 Å². The first kappa shape index (κ1) is 11.2. The summed E-state index contributed by atoms with van der Waals surface area (Å²) in [6.07, 6.45) is -5.40. The van der Waals surface area contributed by atoms with Crippen LogP contribution in [-0.2, 0) is 9.53 Å². The van der Waals surface area contributed by atoms with Gasteiger partial charge in [0.25, 0.3) is 0 Å². The maximum Gasteiger partial charge on any atom is 0.317 e. The maximum atomic E-state index is 12.1. The number of halogens is 4. The summed E-state index contributed by atoms with van der Waals surface area (Å²) >= 11 is 0. The Kier molecular flexibility index (Phi) is 3.99. The predicted molar refractivity (Wildman–Crippen MR) is 32.2 cm³/mol. The van der Waals surface area contributed by atoms with E-state index >= 15 is 0 Å². The Morgan fingerprint density at radius 1 is 1.50 bits per heavy atom. The minimum Gasteiger partial charge on any atom is -0.466 e. The van der Waals surface area contributed by atoms with Gasteiger partial charge in [-0.15, -0.1) is 0 Å². The quantitative estimate of drug-likeness (QED) is 0.497. The topological polar surface area (TPSA) is 26.3 Å². The van der Waals surface area contributed by atoms with Crippen molar-refractivity contribution in [1.29, 1.82) is 0 Å². The fourth-order valence-corrected chi connectivity index (χ4v) is 0.482. The lowest BCUT2D eigenvalue weighted by Crippen LogP contribution is -2.30. The monoisotopic (exact) mass is 188 g/mol. The van der Waals surface area contributed by atoms with Crippen LogP contribution in [0.15, 0.2) is 0 Å². The van der Waals surface area contributed by atoms with Gasteiger partial charge in [-0.25, -0.2) is 8.78 Å². The molecule has 0 saturated carbocycles. The molecule has 0 bridgehead atoms. The van der Waals surface area contributed by atoms with Crippen molar-refractivity contribution >= 4 is 5.97 Å². The van der Waals surface area contributed by atoms with E-state index in [1.165, 1.54) is 6.92 Å². The lowest BCUT2D eigenvalue weighted by molar-refractivity contribution is -0.167. The van der Waals surface area contributed by atoms with Crippen LogP contribution >= 0.6 is 0 Å². The summed E-state index contributed by atoms with van der Waals surface area (Å²) in [5.41, 5.74) is 0. The molecule has 0 spiro atoms. The summed E-state index contributed by atoms with van der Waals surface area (Å²) in [5, 5.41) is 0. The van der Waals surface area contributed by atoms with Gasteiger partial charge in [-0.2, -0.15) is 8.78 Å². The van der Waals surface area contributed by atoms with E-state index in [0.717, 1.165) is 0 Å². The Labute approximate surface area is 66.5 Å². The summed E-state index contributed by atoms with van der Waals surface area (Å²) in [5.74, 6) is -5.60. The van der Waals surface area contributed by atoms with Gasteiger partial charge in [0.2, 0.25) is 0 Å². The van der Waals surface area contributed by atoms with Crippen LogP contribution in [0, 0.1) is 0 Å². The number of carbonyl (C=O) groups excluding carboxylic acids is 1. The zero-order chi connectivity index (χ0) is 9.78. The molecule has 0 radical (unpaired) electrons. The number of rotatable bonds is 4. The van der Waals surface area contributed by atoms with Crippen molar-refractivity contribution in [2.45, 2.75) is 25.7 Å². The van der Waals surface area contributed by atoms with E-state index < -0.39 is 24.7 Å². The van der Waals surface area contributed by atoms with E-state index in [-0.39, 0.29) is 6.61 Å². The van der Waals surface area contributed by atoms with Gasteiger partial charge in [0.1, 0.15) is 6.42 Å². The lowest BCUT2D eigenvalue weighted by atomic mass is 10.2. The number of hydrogen-bond donors (Lipinski definition) is 0. The number of ether oxygens (including phenoxy) is 1. The van der Waals surface area contributed by atoms with Gasteiger partial charge in [0, 0.05) is 0 Å². The Morgan fingerprint density at radius 3 is 2.33 bits per heavy atom. The molecule has 0 aliphatic rings. The van der Waals surface area contributed by atoms with Gasteiger partial charge in [-0.3, -0.25) is 4.79 Å². The molecule has 0 N–H and O–H groups in total. The molecular formula is C6H8F4O2. The van der Waals surface area contributed by atoms with Crippen LogP contribution in [-0.4, -0.2) is 24.9 Å². The molecule has 0 aromatic rings. The van der Waals surface area contributed by atoms with Crippen LogP contribution in [0.1, 0.15) is 13.3 Å². The average molecular weight is 188 g/mol. The largest absolute Gasteiger partial charge is 0.466 e. The minimum absolute atomic E-state index is 0.0991. The van der Waals surface area contributed by atoms with Gasteiger partial charge in [0.15, 0.2) is 0 Å². The van der Waals surface area contributed by atoms with E-state index in [1.807, 2.05) is 0 Å². The Hall–Kier alpha value is -0.810. The van der Waals surface area contributed by atoms with Gasteiger partial charge in [0.05, 0.1) is 6.61 Å². The predicted octanol–water partition coefficient (Wildman–Crippen LogP) is 1.84. The first-order valence-electron chi connectivity index (χ1n) is 3.21. The normalized spacial score (nSPS) is 11.8. The maximum absolute atomic E-state index is 12.1. The van der Waals surface area contributed by atoms with Gasteiger partial charge in [-0.1, -0.05) is 0 Å². The van der Waals surface area contributed by atoms with Crippen LogP contribution in [0.2, 0.25) is 0 Å². The van der Waals surface area contributed by atoms with Crippen LogP contribution in [0.5, 0.6) is 0 Å². The van der Waals surface area contributed by atoms with Crippen LogP contribution in [0.4, 0.5) is 17.6 Å². The first-order chi connectivity index (χ1) is 5.40. The van der Waals surface area contributed by atoms with Crippen LogP contribution in [0.3, 0.4) is 0 Å². The third-order valence-electron chi connectivity index (χ3n) is 1.00. The van der Waals surface area contributed by atoms with Gasteiger partial charge < -0.3 is 4.74 Å². The molecule has 72 valence electrons. The standard InChI is InChI=1S/C6H8F4O2/c1-2-12-4(11)3-6(9,10)5(7)8/h5H,2-3H2,1H3. The molecule has 0 rings (SSSR count). The molecule has 0 unspecified atom stereocenters.